The standard InChI is InChI=1S/C27H32O3/c1-6-22-10-7-13-25(16-22)29-20(4)24-12-9-15-27(18-24)30-21(5)23-11-8-14-26(17-23)28-19(2)3/h7-21H,6H2,1-5H3. The minimum atomic E-state index is -0.0894. The SMILES string of the molecule is CCc1cccc(OC(C)c2cccc(OC(C)c3cccc(OC(C)C)c3)c2)c1. The van der Waals surface area contributed by atoms with Crippen LogP contribution >= 0.6 is 0 Å². The molecule has 0 saturated heterocycles. The third-order valence-corrected chi connectivity index (χ3v) is 4.96. The van der Waals surface area contributed by atoms with Crippen LogP contribution in [0.3, 0.4) is 0 Å². The van der Waals surface area contributed by atoms with Gasteiger partial charge < -0.3 is 14.2 Å². The molecule has 0 N–H and O–H groups in total. The average Bonchev–Trinajstić information content (AvgIpc) is 2.73. The van der Waals surface area contributed by atoms with Crippen LogP contribution in [0.1, 0.15) is 63.5 Å². The van der Waals surface area contributed by atoms with Crippen LogP contribution in [-0.4, -0.2) is 6.10 Å². The Kier molecular flexibility index (Phi) is 7.40. The Morgan fingerprint density at radius 3 is 1.57 bits per heavy atom. The molecular weight excluding hydrogens is 372 g/mol. The van der Waals surface area contributed by atoms with Gasteiger partial charge in [0.2, 0.25) is 0 Å². The lowest BCUT2D eigenvalue weighted by Crippen LogP contribution is -2.08. The first kappa shape index (κ1) is 21.8. The Hall–Kier alpha value is -2.94. The van der Waals surface area contributed by atoms with Gasteiger partial charge in [-0.25, -0.2) is 0 Å². The lowest BCUT2D eigenvalue weighted by Gasteiger charge is -2.19. The van der Waals surface area contributed by atoms with Crippen molar-refractivity contribution in [3.05, 3.63) is 89.5 Å². The van der Waals surface area contributed by atoms with Gasteiger partial charge in [0.05, 0.1) is 6.10 Å². The molecule has 3 nitrogen and oxygen atoms in total. The Balaban J connectivity index is 1.68. The molecule has 158 valence electrons. The fraction of sp³-hybridized carbons (Fsp3) is 0.333. The molecule has 0 aliphatic carbocycles. The van der Waals surface area contributed by atoms with E-state index in [9.17, 15) is 0 Å². The van der Waals surface area contributed by atoms with E-state index in [1.807, 2.05) is 56.3 Å². The first-order valence-corrected chi connectivity index (χ1v) is 10.7. The summed E-state index contributed by atoms with van der Waals surface area (Å²) in [7, 11) is 0. The van der Waals surface area contributed by atoms with Crippen LogP contribution in [0.25, 0.3) is 0 Å². The highest BCUT2D eigenvalue weighted by Gasteiger charge is 2.12. The van der Waals surface area contributed by atoms with Gasteiger partial charge in [-0.2, -0.15) is 0 Å². The van der Waals surface area contributed by atoms with E-state index in [0.29, 0.717) is 0 Å². The maximum atomic E-state index is 6.23. The smallest absolute Gasteiger partial charge is 0.121 e. The molecule has 3 heteroatoms. The Morgan fingerprint density at radius 2 is 1.07 bits per heavy atom. The van der Waals surface area contributed by atoms with Gasteiger partial charge in [-0.05, 0) is 87.2 Å². The van der Waals surface area contributed by atoms with Gasteiger partial charge in [-0.15, -0.1) is 0 Å². The van der Waals surface area contributed by atoms with Crippen molar-refractivity contribution in [2.24, 2.45) is 0 Å². The Morgan fingerprint density at radius 1 is 0.600 bits per heavy atom. The third-order valence-electron chi connectivity index (χ3n) is 4.96. The summed E-state index contributed by atoms with van der Waals surface area (Å²) in [6, 6.07) is 24.5. The molecule has 0 aliphatic heterocycles. The monoisotopic (exact) mass is 404 g/mol. The van der Waals surface area contributed by atoms with Crippen molar-refractivity contribution in [2.45, 2.75) is 59.4 Å². The van der Waals surface area contributed by atoms with E-state index in [1.54, 1.807) is 0 Å². The van der Waals surface area contributed by atoms with Gasteiger partial charge >= 0.3 is 0 Å². The van der Waals surface area contributed by atoms with Gasteiger partial charge in [0.15, 0.2) is 0 Å². The number of hydrogen-bond acceptors (Lipinski definition) is 3. The largest absolute Gasteiger partial charge is 0.491 e. The van der Waals surface area contributed by atoms with E-state index in [4.69, 9.17) is 14.2 Å². The molecule has 0 fully saturated rings. The predicted molar refractivity (Wildman–Crippen MR) is 123 cm³/mol. The van der Waals surface area contributed by atoms with Gasteiger partial charge in [0.1, 0.15) is 29.5 Å². The molecule has 2 atom stereocenters. The third kappa shape index (κ3) is 6.03. The van der Waals surface area contributed by atoms with E-state index in [2.05, 4.69) is 51.1 Å². The van der Waals surface area contributed by atoms with E-state index in [-0.39, 0.29) is 18.3 Å². The molecule has 0 heterocycles. The first-order chi connectivity index (χ1) is 14.4. The molecule has 0 radical (unpaired) electrons. The van der Waals surface area contributed by atoms with Crippen molar-refractivity contribution in [2.75, 3.05) is 0 Å². The summed E-state index contributed by atoms with van der Waals surface area (Å²) in [5.74, 6) is 2.58. The van der Waals surface area contributed by atoms with E-state index < -0.39 is 0 Å². The summed E-state index contributed by atoms with van der Waals surface area (Å²) in [4.78, 5) is 0. The van der Waals surface area contributed by atoms with Crippen LogP contribution in [-0.2, 0) is 6.42 Å². The summed E-state index contributed by atoms with van der Waals surface area (Å²) >= 11 is 0. The lowest BCUT2D eigenvalue weighted by atomic mass is 10.1. The van der Waals surface area contributed by atoms with Crippen LogP contribution in [0.2, 0.25) is 0 Å². The second-order valence-electron chi connectivity index (χ2n) is 7.83. The maximum Gasteiger partial charge on any atom is 0.121 e. The van der Waals surface area contributed by atoms with Gasteiger partial charge in [-0.1, -0.05) is 43.3 Å². The van der Waals surface area contributed by atoms with Crippen LogP contribution < -0.4 is 14.2 Å². The zero-order valence-electron chi connectivity index (χ0n) is 18.6. The molecule has 0 amide bonds. The second kappa shape index (κ2) is 10.2. The zero-order valence-corrected chi connectivity index (χ0v) is 18.6. The number of hydrogen-bond donors (Lipinski definition) is 0. The molecule has 0 aliphatic rings. The minimum Gasteiger partial charge on any atom is -0.491 e. The molecule has 3 rings (SSSR count). The topological polar surface area (TPSA) is 27.7 Å². The number of aryl methyl sites for hydroxylation is 1. The highest BCUT2D eigenvalue weighted by Crippen LogP contribution is 2.29. The van der Waals surface area contributed by atoms with Crippen LogP contribution in [0.15, 0.2) is 72.8 Å². The second-order valence-corrected chi connectivity index (χ2v) is 7.83. The summed E-state index contributed by atoms with van der Waals surface area (Å²) in [6.07, 6.45) is 0.982. The van der Waals surface area contributed by atoms with Gasteiger partial charge in [0.25, 0.3) is 0 Å². The van der Waals surface area contributed by atoms with Crippen molar-refractivity contribution in [3.63, 3.8) is 0 Å². The van der Waals surface area contributed by atoms with E-state index >= 15 is 0 Å². The Labute approximate surface area is 180 Å². The van der Waals surface area contributed by atoms with Crippen molar-refractivity contribution < 1.29 is 14.2 Å². The molecule has 3 aromatic rings. The highest BCUT2D eigenvalue weighted by molar-refractivity contribution is 5.34. The van der Waals surface area contributed by atoms with Crippen molar-refractivity contribution in [1.29, 1.82) is 0 Å². The molecular formula is C27H32O3. The normalized spacial score (nSPS) is 13.0. The fourth-order valence-corrected chi connectivity index (χ4v) is 3.34. The summed E-state index contributed by atoms with van der Waals surface area (Å²) in [5, 5.41) is 0. The summed E-state index contributed by atoms with van der Waals surface area (Å²) in [5.41, 5.74) is 3.44. The summed E-state index contributed by atoms with van der Waals surface area (Å²) in [6.45, 7) is 10.3. The molecule has 2 unspecified atom stereocenters. The molecule has 3 aromatic carbocycles. The van der Waals surface area contributed by atoms with E-state index in [0.717, 1.165) is 34.8 Å². The van der Waals surface area contributed by atoms with Crippen molar-refractivity contribution >= 4 is 0 Å². The van der Waals surface area contributed by atoms with Crippen molar-refractivity contribution in [3.8, 4) is 17.2 Å². The average molecular weight is 405 g/mol. The van der Waals surface area contributed by atoms with E-state index in [1.165, 1.54) is 5.56 Å². The van der Waals surface area contributed by atoms with Crippen LogP contribution in [0, 0.1) is 0 Å². The molecule has 30 heavy (non-hydrogen) atoms. The minimum absolute atomic E-state index is 0.0706. The van der Waals surface area contributed by atoms with Crippen LogP contribution in [0.5, 0.6) is 17.2 Å². The lowest BCUT2D eigenvalue weighted by molar-refractivity contribution is 0.215. The Bertz CT molecular complexity index is 948. The highest BCUT2D eigenvalue weighted by atomic mass is 16.5. The summed E-state index contributed by atoms with van der Waals surface area (Å²) < 4.78 is 18.2. The maximum absolute atomic E-state index is 6.23. The first-order valence-electron chi connectivity index (χ1n) is 10.7. The van der Waals surface area contributed by atoms with Gasteiger partial charge in [0, 0.05) is 0 Å². The zero-order chi connectivity index (χ0) is 21.5. The van der Waals surface area contributed by atoms with Crippen molar-refractivity contribution in [1.82, 2.24) is 0 Å². The number of ether oxygens (including phenoxy) is 3. The molecule has 0 bridgehead atoms. The number of benzene rings is 3. The molecule has 0 aromatic heterocycles. The quantitative estimate of drug-likeness (QED) is 0.374. The van der Waals surface area contributed by atoms with Gasteiger partial charge in [-0.3, -0.25) is 0 Å². The molecule has 0 saturated carbocycles. The number of rotatable bonds is 9. The van der Waals surface area contributed by atoms with Crippen LogP contribution in [0.4, 0.5) is 0 Å². The predicted octanol–water partition coefficient (Wildman–Crippen LogP) is 7.32. The molecule has 0 spiro atoms. The fourth-order valence-electron chi connectivity index (χ4n) is 3.34.